The van der Waals surface area contributed by atoms with Gasteiger partial charge in [0.2, 0.25) is 0 Å². The molecule has 3 nitrogen and oxygen atoms in total. The van der Waals surface area contributed by atoms with E-state index in [2.05, 4.69) is 5.32 Å². The zero-order chi connectivity index (χ0) is 11.5. The molecule has 1 aliphatic rings. The fourth-order valence-electron chi connectivity index (χ4n) is 1.80. The van der Waals surface area contributed by atoms with E-state index in [1.807, 2.05) is 37.3 Å². The Balaban J connectivity index is 2.43. The highest BCUT2D eigenvalue weighted by Gasteiger charge is 2.15. The van der Waals surface area contributed by atoms with Gasteiger partial charge >= 0.3 is 0 Å². The SMILES string of the molecule is Cc1cccc(C2=CCNC=C2C(N)=O)c1. The van der Waals surface area contributed by atoms with Gasteiger partial charge in [-0.15, -0.1) is 0 Å². The summed E-state index contributed by atoms with van der Waals surface area (Å²) >= 11 is 0. The van der Waals surface area contributed by atoms with E-state index in [0.717, 1.165) is 17.7 Å². The number of primary amides is 1. The summed E-state index contributed by atoms with van der Waals surface area (Å²) in [6.45, 7) is 2.75. The Labute approximate surface area is 94.7 Å². The van der Waals surface area contributed by atoms with Gasteiger partial charge in [0, 0.05) is 12.7 Å². The van der Waals surface area contributed by atoms with Gasteiger partial charge in [-0.25, -0.2) is 0 Å². The van der Waals surface area contributed by atoms with Crippen LogP contribution in [0.4, 0.5) is 0 Å². The average molecular weight is 214 g/mol. The summed E-state index contributed by atoms with van der Waals surface area (Å²) in [5, 5.41) is 2.99. The van der Waals surface area contributed by atoms with Crippen molar-refractivity contribution in [2.75, 3.05) is 6.54 Å². The highest BCUT2D eigenvalue weighted by atomic mass is 16.1. The van der Waals surface area contributed by atoms with E-state index < -0.39 is 5.91 Å². The van der Waals surface area contributed by atoms with E-state index in [0.29, 0.717) is 5.57 Å². The van der Waals surface area contributed by atoms with Crippen molar-refractivity contribution in [3.8, 4) is 0 Å². The average Bonchev–Trinajstić information content (AvgIpc) is 2.29. The lowest BCUT2D eigenvalue weighted by Crippen LogP contribution is -2.22. The zero-order valence-corrected chi connectivity index (χ0v) is 9.16. The van der Waals surface area contributed by atoms with E-state index in [4.69, 9.17) is 5.73 Å². The topological polar surface area (TPSA) is 55.1 Å². The number of amides is 1. The first-order chi connectivity index (χ1) is 7.68. The van der Waals surface area contributed by atoms with Gasteiger partial charge in [0.1, 0.15) is 0 Å². The second kappa shape index (κ2) is 4.23. The number of hydrogen-bond acceptors (Lipinski definition) is 2. The quantitative estimate of drug-likeness (QED) is 0.780. The maximum Gasteiger partial charge on any atom is 0.250 e. The van der Waals surface area contributed by atoms with Crippen molar-refractivity contribution >= 4 is 11.5 Å². The number of rotatable bonds is 2. The Kier molecular flexibility index (Phi) is 2.77. The van der Waals surface area contributed by atoms with Crippen LogP contribution in [0.5, 0.6) is 0 Å². The van der Waals surface area contributed by atoms with Crippen molar-refractivity contribution in [3.05, 3.63) is 53.2 Å². The van der Waals surface area contributed by atoms with E-state index >= 15 is 0 Å². The van der Waals surface area contributed by atoms with Crippen molar-refractivity contribution in [1.82, 2.24) is 5.32 Å². The Morgan fingerprint density at radius 1 is 1.44 bits per heavy atom. The lowest BCUT2D eigenvalue weighted by molar-refractivity contribution is -0.114. The Hall–Kier alpha value is -2.03. The molecule has 0 saturated heterocycles. The molecule has 0 bridgehead atoms. The van der Waals surface area contributed by atoms with Gasteiger partial charge in [-0.05, 0) is 18.1 Å². The molecule has 16 heavy (non-hydrogen) atoms. The molecule has 1 aromatic carbocycles. The molecule has 1 aromatic rings. The van der Waals surface area contributed by atoms with E-state index in [1.165, 1.54) is 5.56 Å². The van der Waals surface area contributed by atoms with Gasteiger partial charge in [-0.3, -0.25) is 4.79 Å². The largest absolute Gasteiger partial charge is 0.387 e. The molecule has 0 fully saturated rings. The molecule has 3 heteroatoms. The number of nitrogens with one attached hydrogen (secondary N) is 1. The number of hydrogen-bond donors (Lipinski definition) is 2. The fourth-order valence-corrected chi connectivity index (χ4v) is 1.80. The molecule has 3 N–H and O–H groups in total. The molecule has 82 valence electrons. The summed E-state index contributed by atoms with van der Waals surface area (Å²) in [6, 6.07) is 8.04. The van der Waals surface area contributed by atoms with Crippen LogP contribution in [0.1, 0.15) is 11.1 Å². The van der Waals surface area contributed by atoms with Crippen molar-refractivity contribution < 1.29 is 4.79 Å². The molecular weight excluding hydrogens is 200 g/mol. The van der Waals surface area contributed by atoms with E-state index in [9.17, 15) is 4.79 Å². The highest BCUT2D eigenvalue weighted by Crippen LogP contribution is 2.24. The van der Waals surface area contributed by atoms with Crippen LogP contribution in [0.25, 0.3) is 5.57 Å². The van der Waals surface area contributed by atoms with Crippen LogP contribution >= 0.6 is 0 Å². The van der Waals surface area contributed by atoms with Gasteiger partial charge in [0.15, 0.2) is 0 Å². The third-order valence-corrected chi connectivity index (χ3v) is 2.56. The molecule has 0 aromatic heterocycles. The van der Waals surface area contributed by atoms with Crippen LogP contribution in [0, 0.1) is 6.92 Å². The number of carbonyl (C=O) groups excluding carboxylic acids is 1. The van der Waals surface area contributed by atoms with Crippen LogP contribution < -0.4 is 11.1 Å². The molecule has 0 atom stereocenters. The fraction of sp³-hybridized carbons (Fsp3) is 0.154. The summed E-state index contributed by atoms with van der Waals surface area (Å²) in [4.78, 5) is 11.3. The third-order valence-electron chi connectivity index (χ3n) is 2.56. The molecule has 1 amide bonds. The first-order valence-corrected chi connectivity index (χ1v) is 5.19. The molecule has 0 radical (unpaired) electrons. The minimum absolute atomic E-state index is 0.403. The van der Waals surface area contributed by atoms with Crippen LogP contribution in [0.2, 0.25) is 0 Å². The second-order valence-corrected chi connectivity index (χ2v) is 3.82. The third kappa shape index (κ3) is 1.98. The molecular formula is C13H14N2O. The summed E-state index contributed by atoms with van der Waals surface area (Å²) in [5.74, 6) is -0.403. The molecule has 0 spiro atoms. The van der Waals surface area contributed by atoms with Gasteiger partial charge in [-0.2, -0.15) is 0 Å². The van der Waals surface area contributed by atoms with Gasteiger partial charge in [0.05, 0.1) is 5.57 Å². The smallest absolute Gasteiger partial charge is 0.250 e. The summed E-state index contributed by atoms with van der Waals surface area (Å²) in [6.07, 6.45) is 3.66. The highest BCUT2D eigenvalue weighted by molar-refractivity contribution is 6.08. The van der Waals surface area contributed by atoms with Crippen LogP contribution in [0.3, 0.4) is 0 Å². The standard InChI is InChI=1S/C13H14N2O/c1-9-3-2-4-10(7-9)11-5-6-15-8-12(11)13(14)16/h2-5,7-8,15H,6H2,1H3,(H2,14,16). The summed E-state index contributed by atoms with van der Waals surface area (Å²) in [7, 11) is 0. The Bertz CT molecular complexity index is 486. The lowest BCUT2D eigenvalue weighted by atomic mass is 9.95. The van der Waals surface area contributed by atoms with Crippen LogP contribution in [-0.4, -0.2) is 12.5 Å². The number of nitrogens with two attached hydrogens (primary N) is 1. The van der Waals surface area contributed by atoms with Gasteiger partial charge in [-0.1, -0.05) is 35.9 Å². The minimum Gasteiger partial charge on any atom is -0.387 e. The summed E-state index contributed by atoms with van der Waals surface area (Å²) < 4.78 is 0. The first-order valence-electron chi connectivity index (χ1n) is 5.19. The lowest BCUT2D eigenvalue weighted by Gasteiger charge is -2.15. The predicted octanol–water partition coefficient (Wildman–Crippen LogP) is 1.35. The Morgan fingerprint density at radius 2 is 2.25 bits per heavy atom. The van der Waals surface area contributed by atoms with Crippen molar-refractivity contribution in [1.29, 1.82) is 0 Å². The van der Waals surface area contributed by atoms with Crippen molar-refractivity contribution in [3.63, 3.8) is 0 Å². The molecule has 0 aliphatic carbocycles. The molecule has 0 saturated carbocycles. The van der Waals surface area contributed by atoms with Crippen LogP contribution in [-0.2, 0) is 4.79 Å². The normalized spacial score (nSPS) is 14.8. The number of benzene rings is 1. The number of dihydropyridines is 1. The molecule has 0 unspecified atom stereocenters. The van der Waals surface area contributed by atoms with Crippen molar-refractivity contribution in [2.45, 2.75) is 6.92 Å². The maximum absolute atomic E-state index is 11.3. The van der Waals surface area contributed by atoms with Gasteiger partial charge < -0.3 is 11.1 Å². The monoisotopic (exact) mass is 214 g/mol. The zero-order valence-electron chi connectivity index (χ0n) is 9.16. The minimum atomic E-state index is -0.403. The predicted molar refractivity (Wildman–Crippen MR) is 64.4 cm³/mol. The molecule has 1 heterocycles. The maximum atomic E-state index is 11.3. The van der Waals surface area contributed by atoms with Crippen LogP contribution in [0.15, 0.2) is 42.1 Å². The van der Waals surface area contributed by atoms with E-state index in [1.54, 1.807) is 6.20 Å². The second-order valence-electron chi connectivity index (χ2n) is 3.82. The Morgan fingerprint density at radius 3 is 2.94 bits per heavy atom. The summed E-state index contributed by atoms with van der Waals surface area (Å²) in [5.41, 5.74) is 9.00. The number of aryl methyl sites for hydroxylation is 1. The molecule has 2 rings (SSSR count). The molecule has 1 aliphatic heterocycles. The first kappa shape index (κ1) is 10.5. The number of carbonyl (C=O) groups is 1. The van der Waals surface area contributed by atoms with Crippen molar-refractivity contribution in [2.24, 2.45) is 5.73 Å². The van der Waals surface area contributed by atoms with Gasteiger partial charge in [0.25, 0.3) is 5.91 Å². The van der Waals surface area contributed by atoms with E-state index in [-0.39, 0.29) is 0 Å².